The molecule has 0 radical (unpaired) electrons. The van der Waals surface area contributed by atoms with Crippen molar-refractivity contribution in [3.05, 3.63) is 62.1 Å². The third-order valence-corrected chi connectivity index (χ3v) is 4.77. The highest BCUT2D eigenvalue weighted by Crippen LogP contribution is 2.29. The molecule has 0 aliphatic carbocycles. The molecule has 0 bridgehead atoms. The van der Waals surface area contributed by atoms with E-state index < -0.39 is 4.92 Å². The summed E-state index contributed by atoms with van der Waals surface area (Å²) < 4.78 is 0. The monoisotopic (exact) mass is 438 g/mol. The van der Waals surface area contributed by atoms with E-state index in [0.29, 0.717) is 33.5 Å². The fourth-order valence-electron chi connectivity index (χ4n) is 2.58. The van der Waals surface area contributed by atoms with Crippen LogP contribution in [0.5, 0.6) is 0 Å². The number of likely N-dealkylation sites (N-methyl/N-ethyl adjacent to an activating group) is 1. The van der Waals surface area contributed by atoms with Crippen molar-refractivity contribution in [3.63, 3.8) is 0 Å². The number of carbonyl (C=O) groups excluding carboxylic acids is 2. The first-order valence-electron chi connectivity index (χ1n) is 8.65. The molecule has 0 aliphatic heterocycles. The number of nitro groups is 1. The molecule has 0 aliphatic rings. The maximum atomic E-state index is 12.2. The van der Waals surface area contributed by atoms with E-state index >= 15 is 0 Å². The molecule has 154 valence electrons. The summed E-state index contributed by atoms with van der Waals surface area (Å²) in [6.07, 6.45) is 0.110. The van der Waals surface area contributed by atoms with Crippen molar-refractivity contribution in [2.75, 3.05) is 30.8 Å². The maximum absolute atomic E-state index is 12.2. The minimum Gasteiger partial charge on any atom is -0.326 e. The van der Waals surface area contributed by atoms with Crippen molar-refractivity contribution in [2.24, 2.45) is 0 Å². The summed E-state index contributed by atoms with van der Waals surface area (Å²) in [6.45, 7) is 1.91. The summed E-state index contributed by atoms with van der Waals surface area (Å²) in [4.78, 5) is 36.5. The molecule has 2 amide bonds. The van der Waals surface area contributed by atoms with Crippen LogP contribution in [0.1, 0.15) is 12.0 Å². The summed E-state index contributed by atoms with van der Waals surface area (Å²) in [7, 11) is 1.69. The maximum Gasteiger partial charge on any atom is 0.274 e. The third-order valence-electron chi connectivity index (χ3n) is 4.14. The van der Waals surface area contributed by atoms with Crippen LogP contribution in [0.4, 0.5) is 17.1 Å². The number of carbonyl (C=O) groups is 2. The smallest absolute Gasteiger partial charge is 0.274 e. The number of hydrogen-bond donors (Lipinski definition) is 2. The van der Waals surface area contributed by atoms with Gasteiger partial charge in [0.1, 0.15) is 0 Å². The van der Waals surface area contributed by atoms with E-state index in [0.717, 1.165) is 0 Å². The second-order valence-corrected chi connectivity index (χ2v) is 7.20. The summed E-state index contributed by atoms with van der Waals surface area (Å²) in [5, 5.41) is 17.0. The minimum absolute atomic E-state index is 0.0324. The first-order chi connectivity index (χ1) is 13.7. The summed E-state index contributed by atoms with van der Waals surface area (Å²) in [5.41, 5.74) is 1.05. The Labute approximate surface area is 177 Å². The molecule has 0 atom stereocenters. The van der Waals surface area contributed by atoms with Gasteiger partial charge >= 0.3 is 0 Å². The Balaban J connectivity index is 1.85. The zero-order valence-corrected chi connectivity index (χ0v) is 17.4. The van der Waals surface area contributed by atoms with Gasteiger partial charge in [0.25, 0.3) is 5.69 Å². The zero-order chi connectivity index (χ0) is 21.6. The Kier molecular flexibility index (Phi) is 7.95. The molecular formula is C19H20Cl2N4O4. The van der Waals surface area contributed by atoms with Crippen molar-refractivity contribution in [1.82, 2.24) is 4.90 Å². The van der Waals surface area contributed by atoms with E-state index in [-0.39, 0.29) is 30.5 Å². The number of para-hydroxylation sites is 1. The molecule has 0 heterocycles. The van der Waals surface area contributed by atoms with Gasteiger partial charge in [0.15, 0.2) is 0 Å². The molecule has 2 rings (SSSR count). The predicted octanol–water partition coefficient (Wildman–Crippen LogP) is 4.11. The number of nitro benzene ring substituents is 1. The number of hydrogen-bond acceptors (Lipinski definition) is 5. The van der Waals surface area contributed by atoms with E-state index in [1.54, 1.807) is 43.1 Å². The number of nitrogens with one attached hydrogen (secondary N) is 2. The molecule has 29 heavy (non-hydrogen) atoms. The molecule has 0 unspecified atom stereocenters. The van der Waals surface area contributed by atoms with Gasteiger partial charge in [-0.1, -0.05) is 35.3 Å². The van der Waals surface area contributed by atoms with E-state index in [1.807, 2.05) is 0 Å². The van der Waals surface area contributed by atoms with E-state index in [4.69, 9.17) is 23.2 Å². The van der Waals surface area contributed by atoms with Gasteiger partial charge in [-0.3, -0.25) is 24.6 Å². The summed E-state index contributed by atoms with van der Waals surface area (Å²) >= 11 is 12.1. The van der Waals surface area contributed by atoms with Crippen LogP contribution in [-0.4, -0.2) is 41.8 Å². The fourth-order valence-corrected chi connectivity index (χ4v) is 3.07. The van der Waals surface area contributed by atoms with Crippen molar-refractivity contribution >= 4 is 52.1 Å². The molecule has 2 aromatic carbocycles. The molecule has 2 N–H and O–H groups in total. The Hall–Kier alpha value is -2.68. The number of anilines is 2. The Bertz CT molecular complexity index is 916. The predicted molar refractivity (Wildman–Crippen MR) is 114 cm³/mol. The molecule has 0 saturated heterocycles. The van der Waals surface area contributed by atoms with Crippen LogP contribution >= 0.6 is 23.2 Å². The van der Waals surface area contributed by atoms with Crippen molar-refractivity contribution in [3.8, 4) is 0 Å². The van der Waals surface area contributed by atoms with Gasteiger partial charge < -0.3 is 10.6 Å². The normalized spacial score (nSPS) is 10.7. The van der Waals surface area contributed by atoms with Crippen molar-refractivity contribution in [2.45, 2.75) is 13.3 Å². The first-order valence-corrected chi connectivity index (χ1v) is 9.41. The highest BCUT2D eigenvalue weighted by atomic mass is 35.5. The number of amides is 2. The highest BCUT2D eigenvalue weighted by Gasteiger charge is 2.16. The SMILES string of the molecule is Cc1c(NC(=O)CCN(C)CC(=O)Nc2c(Cl)cccc2Cl)cccc1[N+](=O)[O-]. The lowest BCUT2D eigenvalue weighted by molar-refractivity contribution is -0.385. The molecule has 0 fully saturated rings. The van der Waals surface area contributed by atoms with Crippen LogP contribution < -0.4 is 10.6 Å². The van der Waals surface area contributed by atoms with Crippen molar-refractivity contribution in [1.29, 1.82) is 0 Å². The second-order valence-electron chi connectivity index (χ2n) is 6.39. The van der Waals surface area contributed by atoms with Gasteiger partial charge in [-0.15, -0.1) is 0 Å². The summed E-state index contributed by atoms with van der Waals surface area (Å²) in [6, 6.07) is 9.40. The van der Waals surface area contributed by atoms with Gasteiger partial charge in [-0.25, -0.2) is 0 Å². The van der Waals surface area contributed by atoms with Crippen LogP contribution in [0.15, 0.2) is 36.4 Å². The molecular weight excluding hydrogens is 419 g/mol. The van der Waals surface area contributed by atoms with E-state index in [1.165, 1.54) is 12.1 Å². The number of benzene rings is 2. The average Bonchev–Trinajstić information content (AvgIpc) is 2.64. The van der Waals surface area contributed by atoms with Crippen LogP contribution in [0.3, 0.4) is 0 Å². The average molecular weight is 439 g/mol. The Morgan fingerprint density at radius 2 is 1.69 bits per heavy atom. The number of nitrogens with zero attached hydrogens (tertiary/aromatic N) is 2. The van der Waals surface area contributed by atoms with Crippen LogP contribution in [0.25, 0.3) is 0 Å². The van der Waals surface area contributed by atoms with Gasteiger partial charge in [0.05, 0.1) is 38.5 Å². The van der Waals surface area contributed by atoms with Gasteiger partial charge in [0, 0.05) is 19.0 Å². The highest BCUT2D eigenvalue weighted by molar-refractivity contribution is 6.39. The van der Waals surface area contributed by atoms with Gasteiger partial charge in [0.2, 0.25) is 11.8 Å². The Morgan fingerprint density at radius 3 is 2.31 bits per heavy atom. The van der Waals surface area contributed by atoms with E-state index in [9.17, 15) is 19.7 Å². The zero-order valence-electron chi connectivity index (χ0n) is 15.9. The second kappa shape index (κ2) is 10.2. The first kappa shape index (κ1) is 22.6. The topological polar surface area (TPSA) is 105 Å². The molecule has 2 aromatic rings. The summed E-state index contributed by atoms with van der Waals surface area (Å²) in [5.74, 6) is -0.632. The van der Waals surface area contributed by atoms with E-state index in [2.05, 4.69) is 10.6 Å². The molecule has 8 nitrogen and oxygen atoms in total. The van der Waals surface area contributed by atoms with Gasteiger partial charge in [-0.2, -0.15) is 0 Å². The van der Waals surface area contributed by atoms with Gasteiger partial charge in [-0.05, 0) is 32.2 Å². The Morgan fingerprint density at radius 1 is 1.07 bits per heavy atom. The number of rotatable bonds is 8. The van der Waals surface area contributed by atoms with Crippen LogP contribution in [0.2, 0.25) is 10.0 Å². The van der Waals surface area contributed by atoms with Crippen LogP contribution in [0, 0.1) is 17.0 Å². The lowest BCUT2D eigenvalue weighted by atomic mass is 10.1. The largest absolute Gasteiger partial charge is 0.326 e. The third kappa shape index (κ3) is 6.42. The quantitative estimate of drug-likeness (QED) is 0.476. The molecule has 0 saturated carbocycles. The lowest BCUT2D eigenvalue weighted by Gasteiger charge is -2.17. The molecule has 0 aromatic heterocycles. The fraction of sp³-hybridized carbons (Fsp3) is 0.263. The molecule has 0 spiro atoms. The number of halogens is 2. The minimum atomic E-state index is -0.497. The van der Waals surface area contributed by atoms with Crippen molar-refractivity contribution < 1.29 is 14.5 Å². The van der Waals surface area contributed by atoms with Crippen LogP contribution in [-0.2, 0) is 9.59 Å². The molecule has 10 heteroatoms. The standard InChI is InChI=1S/C19H20Cl2N4O4/c1-12-15(7-4-8-16(12)25(28)29)22-17(26)9-10-24(2)11-18(27)23-19-13(20)5-3-6-14(19)21/h3-8H,9-11H2,1-2H3,(H,22,26)(H,23,27). The lowest BCUT2D eigenvalue weighted by Crippen LogP contribution is -2.32.